The molecule has 0 aliphatic carbocycles. The third-order valence-corrected chi connectivity index (χ3v) is 2.55. The summed E-state index contributed by atoms with van der Waals surface area (Å²) in [5.74, 6) is 2.66. The zero-order chi connectivity index (χ0) is 13.0. The molecule has 0 saturated carbocycles. The SMILES string of the molecule is C#CC(Oc1ccccc1)c1cc(F)cc(Cl)c1. The molecule has 2 aromatic carbocycles. The van der Waals surface area contributed by atoms with Crippen molar-refractivity contribution in [3.8, 4) is 18.1 Å². The quantitative estimate of drug-likeness (QED) is 0.751. The van der Waals surface area contributed by atoms with Crippen molar-refractivity contribution in [1.29, 1.82) is 0 Å². The van der Waals surface area contributed by atoms with E-state index in [-0.39, 0.29) is 0 Å². The lowest BCUT2D eigenvalue weighted by atomic mass is 10.1. The monoisotopic (exact) mass is 260 g/mol. The molecule has 90 valence electrons. The van der Waals surface area contributed by atoms with Crippen LogP contribution in [-0.2, 0) is 0 Å². The molecular formula is C15H10ClFO. The predicted molar refractivity (Wildman–Crippen MR) is 70.1 cm³/mol. The summed E-state index contributed by atoms with van der Waals surface area (Å²) >= 11 is 5.79. The highest BCUT2D eigenvalue weighted by Gasteiger charge is 2.12. The third-order valence-electron chi connectivity index (χ3n) is 2.34. The van der Waals surface area contributed by atoms with Gasteiger partial charge in [0.05, 0.1) is 0 Å². The van der Waals surface area contributed by atoms with Gasteiger partial charge in [0.25, 0.3) is 0 Å². The van der Waals surface area contributed by atoms with Gasteiger partial charge in [0.15, 0.2) is 6.10 Å². The van der Waals surface area contributed by atoms with Crippen LogP contribution in [0.1, 0.15) is 11.7 Å². The van der Waals surface area contributed by atoms with Crippen LogP contribution in [0, 0.1) is 18.2 Å². The molecule has 1 unspecified atom stereocenters. The molecule has 1 nitrogen and oxygen atoms in total. The number of terminal acetylenes is 1. The van der Waals surface area contributed by atoms with E-state index in [0.29, 0.717) is 16.3 Å². The van der Waals surface area contributed by atoms with Crippen LogP contribution in [0.4, 0.5) is 4.39 Å². The summed E-state index contributed by atoms with van der Waals surface area (Å²) in [6.45, 7) is 0. The van der Waals surface area contributed by atoms with Gasteiger partial charge < -0.3 is 4.74 Å². The van der Waals surface area contributed by atoms with E-state index in [2.05, 4.69) is 5.92 Å². The van der Waals surface area contributed by atoms with Crippen molar-refractivity contribution in [2.24, 2.45) is 0 Å². The number of ether oxygens (including phenoxy) is 1. The van der Waals surface area contributed by atoms with Crippen molar-refractivity contribution >= 4 is 11.6 Å². The molecule has 18 heavy (non-hydrogen) atoms. The number of hydrogen-bond acceptors (Lipinski definition) is 1. The van der Waals surface area contributed by atoms with Crippen molar-refractivity contribution in [2.75, 3.05) is 0 Å². The highest BCUT2D eigenvalue weighted by atomic mass is 35.5. The zero-order valence-electron chi connectivity index (χ0n) is 9.44. The summed E-state index contributed by atoms with van der Waals surface area (Å²) in [6.07, 6.45) is 4.75. The number of benzene rings is 2. The molecule has 0 aliphatic heterocycles. The fraction of sp³-hybridized carbons (Fsp3) is 0.0667. The van der Waals surface area contributed by atoms with E-state index in [1.165, 1.54) is 12.1 Å². The van der Waals surface area contributed by atoms with Crippen molar-refractivity contribution in [3.05, 3.63) is 64.9 Å². The van der Waals surface area contributed by atoms with Gasteiger partial charge in [-0.1, -0.05) is 35.7 Å². The minimum Gasteiger partial charge on any atom is -0.473 e. The second kappa shape index (κ2) is 5.57. The molecule has 3 heteroatoms. The van der Waals surface area contributed by atoms with Crippen LogP contribution < -0.4 is 4.74 Å². The minimum absolute atomic E-state index is 0.293. The molecule has 1 atom stereocenters. The highest BCUT2D eigenvalue weighted by molar-refractivity contribution is 6.30. The first-order valence-corrected chi connectivity index (χ1v) is 5.70. The van der Waals surface area contributed by atoms with Gasteiger partial charge in [0, 0.05) is 10.6 Å². The van der Waals surface area contributed by atoms with E-state index in [0.717, 1.165) is 0 Å². The van der Waals surface area contributed by atoms with Gasteiger partial charge in [-0.3, -0.25) is 0 Å². The molecule has 0 fully saturated rings. The maximum Gasteiger partial charge on any atom is 0.184 e. The van der Waals surface area contributed by atoms with Crippen LogP contribution in [0.25, 0.3) is 0 Å². The molecule has 2 rings (SSSR count). The summed E-state index contributed by atoms with van der Waals surface area (Å²) in [5, 5.41) is 0.293. The first kappa shape index (κ1) is 12.5. The lowest BCUT2D eigenvalue weighted by Gasteiger charge is -2.14. The maximum atomic E-state index is 13.3. The number of rotatable bonds is 3. The Morgan fingerprint density at radius 2 is 1.89 bits per heavy atom. The van der Waals surface area contributed by atoms with Gasteiger partial charge in [-0.05, 0) is 30.3 Å². The maximum absolute atomic E-state index is 13.3. The molecule has 0 saturated heterocycles. The van der Waals surface area contributed by atoms with E-state index in [1.54, 1.807) is 18.2 Å². The van der Waals surface area contributed by atoms with E-state index < -0.39 is 11.9 Å². The number of hydrogen-bond donors (Lipinski definition) is 0. The van der Waals surface area contributed by atoms with Crippen LogP contribution in [0.2, 0.25) is 5.02 Å². The molecule has 0 aromatic heterocycles. The van der Waals surface area contributed by atoms with Crippen LogP contribution in [0.5, 0.6) is 5.75 Å². The van der Waals surface area contributed by atoms with Crippen LogP contribution >= 0.6 is 11.6 Å². The molecule has 0 radical (unpaired) electrons. The second-order valence-corrected chi connectivity index (χ2v) is 4.12. The number of halogens is 2. The summed E-state index contributed by atoms with van der Waals surface area (Å²) in [5.41, 5.74) is 0.520. The molecule has 0 aliphatic rings. The van der Waals surface area contributed by atoms with Gasteiger partial charge in [-0.2, -0.15) is 0 Å². The van der Waals surface area contributed by atoms with E-state index >= 15 is 0 Å². The van der Waals surface area contributed by atoms with Gasteiger partial charge in [0.1, 0.15) is 11.6 Å². The summed E-state index contributed by atoms with van der Waals surface area (Å²) in [6, 6.07) is 13.2. The highest BCUT2D eigenvalue weighted by Crippen LogP contribution is 2.24. The van der Waals surface area contributed by atoms with Crippen LogP contribution in [-0.4, -0.2) is 0 Å². The van der Waals surface area contributed by atoms with E-state index in [4.69, 9.17) is 22.8 Å². The normalized spacial score (nSPS) is 11.6. The molecule has 2 aromatic rings. The topological polar surface area (TPSA) is 9.23 Å². The fourth-order valence-corrected chi connectivity index (χ4v) is 1.79. The predicted octanol–water partition coefficient (Wildman–Crippen LogP) is 4.23. The largest absolute Gasteiger partial charge is 0.473 e. The average Bonchev–Trinajstić information content (AvgIpc) is 2.36. The first-order chi connectivity index (χ1) is 8.69. The Bertz CT molecular complexity index is 555. The van der Waals surface area contributed by atoms with E-state index in [9.17, 15) is 4.39 Å². The fourth-order valence-electron chi connectivity index (χ4n) is 1.56. The Hall–Kier alpha value is -1.98. The smallest absolute Gasteiger partial charge is 0.184 e. The van der Waals surface area contributed by atoms with Gasteiger partial charge in [-0.25, -0.2) is 4.39 Å². The molecule has 0 spiro atoms. The van der Waals surface area contributed by atoms with Gasteiger partial charge >= 0.3 is 0 Å². The average molecular weight is 261 g/mol. The molecule has 0 amide bonds. The first-order valence-electron chi connectivity index (χ1n) is 5.33. The standard InChI is InChI=1S/C15H10ClFO/c1-2-15(18-14-6-4-3-5-7-14)11-8-12(16)10-13(17)9-11/h1,3-10,15H. The Balaban J connectivity index is 2.26. The Kier molecular flexibility index (Phi) is 3.86. The lowest BCUT2D eigenvalue weighted by Crippen LogP contribution is -2.05. The van der Waals surface area contributed by atoms with Gasteiger partial charge in [0.2, 0.25) is 0 Å². The van der Waals surface area contributed by atoms with Crippen molar-refractivity contribution in [2.45, 2.75) is 6.10 Å². The number of para-hydroxylation sites is 1. The van der Waals surface area contributed by atoms with Crippen molar-refractivity contribution in [3.63, 3.8) is 0 Å². The molecule has 0 bridgehead atoms. The lowest BCUT2D eigenvalue weighted by molar-refractivity contribution is 0.264. The molecule has 0 N–H and O–H groups in total. The Morgan fingerprint density at radius 1 is 1.17 bits per heavy atom. The van der Waals surface area contributed by atoms with Crippen LogP contribution in [0.3, 0.4) is 0 Å². The summed E-state index contributed by atoms with van der Waals surface area (Å²) in [4.78, 5) is 0. The Labute approximate surface area is 110 Å². The van der Waals surface area contributed by atoms with Gasteiger partial charge in [-0.15, -0.1) is 6.42 Å². The second-order valence-electron chi connectivity index (χ2n) is 3.68. The van der Waals surface area contributed by atoms with Crippen molar-refractivity contribution < 1.29 is 9.13 Å². The van der Waals surface area contributed by atoms with E-state index in [1.807, 2.05) is 18.2 Å². The summed E-state index contributed by atoms with van der Waals surface area (Å²) in [7, 11) is 0. The molecule has 0 heterocycles. The third kappa shape index (κ3) is 3.03. The minimum atomic E-state index is -0.666. The zero-order valence-corrected chi connectivity index (χ0v) is 10.2. The van der Waals surface area contributed by atoms with Crippen LogP contribution in [0.15, 0.2) is 48.5 Å². The molecular weight excluding hydrogens is 251 g/mol. The Morgan fingerprint density at radius 3 is 2.50 bits per heavy atom. The summed E-state index contributed by atoms with van der Waals surface area (Å²) < 4.78 is 18.9. The van der Waals surface area contributed by atoms with Crippen molar-refractivity contribution in [1.82, 2.24) is 0 Å².